The molecule has 0 bridgehead atoms. The molecule has 7 heteroatoms. The van der Waals surface area contributed by atoms with Crippen LogP contribution < -0.4 is 10.2 Å². The number of fused-ring (bicyclic) bond motifs is 1. The Kier molecular flexibility index (Phi) is 4.37. The average Bonchev–Trinajstić information content (AvgIpc) is 3.30. The van der Waals surface area contributed by atoms with Gasteiger partial charge in [0.05, 0.1) is 5.39 Å². The largest absolute Gasteiger partial charge is 0.344 e. The normalized spacial score (nSPS) is 22.5. The average molecular weight is 345 g/mol. The zero-order chi connectivity index (χ0) is 16.5. The molecule has 2 aliphatic heterocycles. The van der Waals surface area contributed by atoms with Crippen LogP contribution in [0.15, 0.2) is 17.8 Å². The van der Waals surface area contributed by atoms with Crippen LogP contribution in [0.2, 0.25) is 0 Å². The van der Waals surface area contributed by atoms with Crippen molar-refractivity contribution in [3.8, 4) is 0 Å². The number of nitrogens with zero attached hydrogens (tertiary/aromatic N) is 4. The Balaban J connectivity index is 1.55. The molecule has 2 aromatic rings. The first-order valence-electron chi connectivity index (χ1n) is 8.69. The van der Waals surface area contributed by atoms with Gasteiger partial charge in [-0.3, -0.25) is 4.79 Å². The number of anilines is 1. The molecular formula is C17H23N5OS. The number of nitrogens with one attached hydrogen (secondary N) is 1. The van der Waals surface area contributed by atoms with Crippen molar-refractivity contribution in [1.29, 1.82) is 0 Å². The molecule has 4 heterocycles. The second-order valence-electron chi connectivity index (χ2n) is 6.58. The second-order valence-corrected chi connectivity index (χ2v) is 7.47. The van der Waals surface area contributed by atoms with E-state index in [1.165, 1.54) is 0 Å². The molecule has 1 N–H and O–H groups in total. The molecule has 2 fully saturated rings. The Labute approximate surface area is 145 Å². The molecule has 1 unspecified atom stereocenters. The lowest BCUT2D eigenvalue weighted by Gasteiger charge is -2.35. The fourth-order valence-electron chi connectivity index (χ4n) is 3.88. The van der Waals surface area contributed by atoms with Gasteiger partial charge in [0.1, 0.15) is 23.0 Å². The fraction of sp³-hybridized carbons (Fsp3) is 0.588. The van der Waals surface area contributed by atoms with Crippen LogP contribution >= 0.6 is 11.3 Å². The summed E-state index contributed by atoms with van der Waals surface area (Å²) in [5, 5.41) is 6.43. The summed E-state index contributed by atoms with van der Waals surface area (Å²) in [5.74, 6) is 1.19. The number of carbonyl (C=O) groups is 1. The highest BCUT2D eigenvalue weighted by molar-refractivity contribution is 7.16. The lowest BCUT2D eigenvalue weighted by molar-refractivity contribution is -0.133. The predicted molar refractivity (Wildman–Crippen MR) is 96.4 cm³/mol. The molecule has 128 valence electrons. The van der Waals surface area contributed by atoms with E-state index in [1.54, 1.807) is 17.7 Å². The van der Waals surface area contributed by atoms with Gasteiger partial charge in [0, 0.05) is 25.7 Å². The topological polar surface area (TPSA) is 61.4 Å². The number of rotatable bonds is 3. The third-order valence-corrected chi connectivity index (χ3v) is 6.09. The van der Waals surface area contributed by atoms with E-state index >= 15 is 0 Å². The lowest BCUT2D eigenvalue weighted by atomic mass is 10.0. The maximum absolute atomic E-state index is 13.1. The Bertz CT molecular complexity index is 725. The molecular weight excluding hydrogens is 322 g/mol. The van der Waals surface area contributed by atoms with Gasteiger partial charge in [0.15, 0.2) is 0 Å². The summed E-state index contributed by atoms with van der Waals surface area (Å²) >= 11 is 1.62. The molecule has 4 rings (SSSR count). The zero-order valence-corrected chi connectivity index (χ0v) is 14.8. The van der Waals surface area contributed by atoms with E-state index in [9.17, 15) is 4.79 Å². The van der Waals surface area contributed by atoms with E-state index < -0.39 is 0 Å². The summed E-state index contributed by atoms with van der Waals surface area (Å²) in [6, 6.07) is 2.53. The van der Waals surface area contributed by atoms with Crippen molar-refractivity contribution < 1.29 is 4.79 Å². The molecule has 0 radical (unpaired) electrons. The van der Waals surface area contributed by atoms with Gasteiger partial charge < -0.3 is 15.1 Å². The SMILES string of the molecule is CNC1CCN(C(=O)C2CCCN2c2ncnc3sccc23)CC1. The molecule has 0 spiro atoms. The molecule has 2 aliphatic rings. The quantitative estimate of drug-likeness (QED) is 0.920. The summed E-state index contributed by atoms with van der Waals surface area (Å²) in [5.41, 5.74) is 0. The first kappa shape index (κ1) is 15.8. The summed E-state index contributed by atoms with van der Waals surface area (Å²) in [7, 11) is 2.00. The van der Waals surface area contributed by atoms with E-state index in [-0.39, 0.29) is 11.9 Å². The molecule has 0 aliphatic carbocycles. The van der Waals surface area contributed by atoms with Crippen molar-refractivity contribution in [2.24, 2.45) is 0 Å². The van der Waals surface area contributed by atoms with Crippen LogP contribution in [-0.4, -0.2) is 59.5 Å². The molecule has 1 amide bonds. The van der Waals surface area contributed by atoms with Crippen LogP contribution in [0.1, 0.15) is 25.7 Å². The van der Waals surface area contributed by atoms with Gasteiger partial charge in [-0.05, 0) is 44.2 Å². The molecule has 0 saturated carbocycles. The number of aromatic nitrogens is 2. The number of amides is 1. The molecule has 24 heavy (non-hydrogen) atoms. The van der Waals surface area contributed by atoms with Gasteiger partial charge in [0.25, 0.3) is 0 Å². The number of piperidine rings is 1. The number of thiophene rings is 1. The van der Waals surface area contributed by atoms with Crippen molar-refractivity contribution in [2.75, 3.05) is 31.6 Å². The van der Waals surface area contributed by atoms with E-state index in [0.717, 1.165) is 61.4 Å². The minimum Gasteiger partial charge on any atom is -0.344 e. The summed E-state index contributed by atoms with van der Waals surface area (Å²) in [4.78, 5) is 27.1. The van der Waals surface area contributed by atoms with Crippen LogP contribution in [0.4, 0.5) is 5.82 Å². The van der Waals surface area contributed by atoms with E-state index in [2.05, 4.69) is 26.3 Å². The Morgan fingerprint density at radius 3 is 2.88 bits per heavy atom. The Hall–Kier alpha value is -1.73. The molecule has 6 nitrogen and oxygen atoms in total. The first-order chi connectivity index (χ1) is 11.8. The second kappa shape index (κ2) is 6.64. The maximum Gasteiger partial charge on any atom is 0.245 e. The van der Waals surface area contributed by atoms with Crippen LogP contribution in [0.3, 0.4) is 0 Å². The number of carbonyl (C=O) groups excluding carboxylic acids is 1. The molecule has 1 atom stereocenters. The van der Waals surface area contributed by atoms with Crippen molar-refractivity contribution in [2.45, 2.75) is 37.8 Å². The summed E-state index contributed by atoms with van der Waals surface area (Å²) in [6.07, 6.45) is 5.65. The third kappa shape index (κ3) is 2.75. The minimum absolute atomic E-state index is 0.0749. The monoisotopic (exact) mass is 345 g/mol. The number of hydrogen-bond acceptors (Lipinski definition) is 6. The van der Waals surface area contributed by atoms with Crippen molar-refractivity contribution in [3.05, 3.63) is 17.8 Å². The minimum atomic E-state index is -0.0749. The van der Waals surface area contributed by atoms with Gasteiger partial charge in [0.2, 0.25) is 5.91 Å². The van der Waals surface area contributed by atoms with Crippen LogP contribution in [0.5, 0.6) is 0 Å². The first-order valence-corrected chi connectivity index (χ1v) is 9.57. The standard InChI is InChI=1S/C17H23N5OS/c1-18-12-4-8-21(9-5-12)17(23)14-3-2-7-22(14)15-13-6-10-24-16(13)20-11-19-15/h6,10-12,14,18H,2-5,7-9H2,1H3. The van der Waals surface area contributed by atoms with Crippen LogP contribution in [-0.2, 0) is 4.79 Å². The van der Waals surface area contributed by atoms with Crippen molar-refractivity contribution in [3.63, 3.8) is 0 Å². The zero-order valence-electron chi connectivity index (χ0n) is 13.9. The Morgan fingerprint density at radius 2 is 2.08 bits per heavy atom. The van der Waals surface area contributed by atoms with Crippen molar-refractivity contribution in [1.82, 2.24) is 20.2 Å². The number of hydrogen-bond donors (Lipinski definition) is 1. The summed E-state index contributed by atoms with van der Waals surface area (Å²) in [6.45, 7) is 2.60. The van der Waals surface area contributed by atoms with Gasteiger partial charge >= 0.3 is 0 Å². The molecule has 2 saturated heterocycles. The fourth-order valence-corrected chi connectivity index (χ4v) is 4.61. The highest BCUT2D eigenvalue weighted by atomic mass is 32.1. The van der Waals surface area contributed by atoms with Crippen LogP contribution in [0.25, 0.3) is 10.2 Å². The molecule has 0 aromatic carbocycles. The number of likely N-dealkylation sites (tertiary alicyclic amines) is 1. The van der Waals surface area contributed by atoms with Gasteiger partial charge in [-0.1, -0.05) is 0 Å². The summed E-state index contributed by atoms with van der Waals surface area (Å²) < 4.78 is 0. The van der Waals surface area contributed by atoms with Gasteiger partial charge in [-0.2, -0.15) is 0 Å². The van der Waals surface area contributed by atoms with E-state index in [4.69, 9.17) is 0 Å². The lowest BCUT2D eigenvalue weighted by Crippen LogP contribution is -2.50. The molecule has 2 aromatic heterocycles. The maximum atomic E-state index is 13.1. The predicted octanol–water partition coefficient (Wildman–Crippen LogP) is 1.87. The third-order valence-electron chi connectivity index (χ3n) is 5.27. The van der Waals surface area contributed by atoms with Crippen molar-refractivity contribution >= 4 is 33.3 Å². The van der Waals surface area contributed by atoms with E-state index in [0.29, 0.717) is 6.04 Å². The van der Waals surface area contributed by atoms with Gasteiger partial charge in [-0.25, -0.2) is 9.97 Å². The smallest absolute Gasteiger partial charge is 0.245 e. The highest BCUT2D eigenvalue weighted by Gasteiger charge is 2.36. The van der Waals surface area contributed by atoms with Gasteiger partial charge in [-0.15, -0.1) is 11.3 Å². The van der Waals surface area contributed by atoms with Crippen LogP contribution in [0, 0.1) is 0 Å². The highest BCUT2D eigenvalue weighted by Crippen LogP contribution is 2.32. The van der Waals surface area contributed by atoms with E-state index in [1.807, 2.05) is 17.3 Å². The Morgan fingerprint density at radius 1 is 1.25 bits per heavy atom.